The number of benzene rings is 2. The molecule has 1 aliphatic rings. The van der Waals surface area contributed by atoms with Gasteiger partial charge in [-0.3, -0.25) is 0 Å². The van der Waals surface area contributed by atoms with Crippen molar-refractivity contribution in [2.75, 3.05) is 0 Å². The highest BCUT2D eigenvalue weighted by Gasteiger charge is 2.06. The summed E-state index contributed by atoms with van der Waals surface area (Å²) in [5, 5.41) is 2.80. The van der Waals surface area contributed by atoms with Crippen LogP contribution in [0.25, 0.3) is 16.8 Å². The van der Waals surface area contributed by atoms with Gasteiger partial charge in [-0.1, -0.05) is 48.6 Å². The van der Waals surface area contributed by atoms with Crippen molar-refractivity contribution in [3.8, 4) is 0 Å². The quantitative estimate of drug-likeness (QED) is 0.625. The standard InChI is InChI=1S/C13H10.2H2O/c1-4-10-6-2-8-12-9-3-7-11(5-1)13(10)12;;/h1-8H,9H2;2*1H2. The van der Waals surface area contributed by atoms with Gasteiger partial charge in [0.2, 0.25) is 0 Å². The van der Waals surface area contributed by atoms with E-state index in [2.05, 4.69) is 48.6 Å². The summed E-state index contributed by atoms with van der Waals surface area (Å²) >= 11 is 0. The maximum atomic E-state index is 2.23. The SMILES string of the molecule is C1=Cc2cccc3cccc(c23)C1.O.O. The van der Waals surface area contributed by atoms with Crippen LogP contribution in [0.4, 0.5) is 0 Å². The molecule has 0 unspecified atom stereocenters. The van der Waals surface area contributed by atoms with Gasteiger partial charge in [0, 0.05) is 0 Å². The van der Waals surface area contributed by atoms with Crippen LogP contribution in [0.3, 0.4) is 0 Å². The molecule has 2 aromatic rings. The van der Waals surface area contributed by atoms with Crippen molar-refractivity contribution in [2.24, 2.45) is 0 Å². The van der Waals surface area contributed by atoms with Crippen LogP contribution in [0.1, 0.15) is 11.1 Å². The van der Waals surface area contributed by atoms with Crippen LogP contribution in [-0.4, -0.2) is 11.0 Å². The third-order valence-corrected chi connectivity index (χ3v) is 2.66. The average Bonchev–Trinajstić information content (AvgIpc) is 2.19. The molecule has 0 heterocycles. The van der Waals surface area contributed by atoms with Crippen molar-refractivity contribution in [3.63, 3.8) is 0 Å². The lowest BCUT2D eigenvalue weighted by Crippen LogP contribution is -1.91. The lowest BCUT2D eigenvalue weighted by Gasteiger charge is -2.11. The molecule has 0 aromatic heterocycles. The fourth-order valence-electron chi connectivity index (χ4n) is 2.07. The summed E-state index contributed by atoms with van der Waals surface area (Å²) < 4.78 is 0. The zero-order valence-electron chi connectivity index (χ0n) is 8.33. The molecule has 0 radical (unpaired) electrons. The Morgan fingerprint density at radius 1 is 0.867 bits per heavy atom. The van der Waals surface area contributed by atoms with Crippen molar-refractivity contribution >= 4 is 16.8 Å². The molecule has 78 valence electrons. The number of hydrogen-bond acceptors (Lipinski definition) is 0. The molecule has 2 heteroatoms. The van der Waals surface area contributed by atoms with E-state index in [9.17, 15) is 0 Å². The van der Waals surface area contributed by atoms with E-state index in [0.717, 1.165) is 6.42 Å². The molecule has 0 saturated heterocycles. The van der Waals surface area contributed by atoms with Gasteiger partial charge in [0.15, 0.2) is 0 Å². The molecule has 0 saturated carbocycles. The van der Waals surface area contributed by atoms with Crippen LogP contribution in [0.2, 0.25) is 0 Å². The predicted octanol–water partition coefficient (Wildman–Crippen LogP) is 1.76. The van der Waals surface area contributed by atoms with Gasteiger partial charge in [0.05, 0.1) is 0 Å². The first-order valence-corrected chi connectivity index (χ1v) is 4.62. The van der Waals surface area contributed by atoms with Crippen LogP contribution in [0.15, 0.2) is 42.5 Å². The Balaban J connectivity index is 0.000000562. The van der Waals surface area contributed by atoms with Gasteiger partial charge < -0.3 is 11.0 Å². The fourth-order valence-corrected chi connectivity index (χ4v) is 2.07. The van der Waals surface area contributed by atoms with E-state index in [1.54, 1.807) is 0 Å². The largest absolute Gasteiger partial charge is 0.412 e. The van der Waals surface area contributed by atoms with E-state index >= 15 is 0 Å². The summed E-state index contributed by atoms with van der Waals surface area (Å²) in [6.45, 7) is 0. The second-order valence-electron chi connectivity index (χ2n) is 3.47. The van der Waals surface area contributed by atoms with Crippen molar-refractivity contribution in [1.29, 1.82) is 0 Å². The molecule has 2 nitrogen and oxygen atoms in total. The van der Waals surface area contributed by atoms with E-state index < -0.39 is 0 Å². The Kier molecular flexibility index (Phi) is 3.24. The van der Waals surface area contributed by atoms with Gasteiger partial charge in [0.25, 0.3) is 0 Å². The van der Waals surface area contributed by atoms with Crippen molar-refractivity contribution in [2.45, 2.75) is 6.42 Å². The van der Waals surface area contributed by atoms with Crippen molar-refractivity contribution in [3.05, 3.63) is 53.6 Å². The normalized spacial score (nSPS) is 11.7. The van der Waals surface area contributed by atoms with Crippen molar-refractivity contribution < 1.29 is 11.0 Å². The molecule has 0 aliphatic heterocycles. The van der Waals surface area contributed by atoms with Crippen LogP contribution in [-0.2, 0) is 6.42 Å². The third kappa shape index (κ3) is 1.65. The van der Waals surface area contributed by atoms with Crippen LogP contribution >= 0.6 is 0 Å². The smallest absolute Gasteiger partial charge is 0.00763 e. The zero-order valence-corrected chi connectivity index (χ0v) is 8.33. The van der Waals surface area contributed by atoms with E-state index in [1.807, 2.05) is 0 Å². The summed E-state index contributed by atoms with van der Waals surface area (Å²) in [5.41, 5.74) is 2.81. The molecule has 0 atom stereocenters. The molecule has 2 aromatic carbocycles. The summed E-state index contributed by atoms with van der Waals surface area (Å²) in [4.78, 5) is 0. The Hall–Kier alpha value is -1.64. The summed E-state index contributed by atoms with van der Waals surface area (Å²) in [5.74, 6) is 0. The van der Waals surface area contributed by atoms with Gasteiger partial charge in [-0.25, -0.2) is 0 Å². The van der Waals surface area contributed by atoms with Crippen LogP contribution in [0.5, 0.6) is 0 Å². The molecule has 3 rings (SSSR count). The molecule has 0 spiro atoms. The van der Waals surface area contributed by atoms with E-state index in [-0.39, 0.29) is 11.0 Å². The number of rotatable bonds is 0. The van der Waals surface area contributed by atoms with Crippen molar-refractivity contribution in [1.82, 2.24) is 0 Å². The fraction of sp³-hybridized carbons (Fsp3) is 0.0769. The maximum Gasteiger partial charge on any atom is -0.00763 e. The molecule has 4 N–H and O–H groups in total. The highest BCUT2D eigenvalue weighted by molar-refractivity contribution is 5.94. The Labute approximate surface area is 88.5 Å². The van der Waals surface area contributed by atoms with Gasteiger partial charge in [-0.05, 0) is 28.3 Å². The van der Waals surface area contributed by atoms with Gasteiger partial charge in [-0.15, -0.1) is 0 Å². The minimum absolute atomic E-state index is 0. The summed E-state index contributed by atoms with van der Waals surface area (Å²) in [7, 11) is 0. The summed E-state index contributed by atoms with van der Waals surface area (Å²) in [6.07, 6.45) is 5.53. The lowest BCUT2D eigenvalue weighted by atomic mass is 9.93. The third-order valence-electron chi connectivity index (χ3n) is 2.66. The first-order chi connectivity index (χ1) is 6.45. The predicted molar refractivity (Wildman–Crippen MR) is 63.9 cm³/mol. The Morgan fingerprint density at radius 2 is 1.60 bits per heavy atom. The molecular formula is C13H14O2. The lowest BCUT2D eigenvalue weighted by molar-refractivity contribution is 0.823. The topological polar surface area (TPSA) is 63.0 Å². The van der Waals surface area contributed by atoms with Crippen LogP contribution < -0.4 is 0 Å². The first kappa shape index (κ1) is 11.4. The minimum atomic E-state index is 0. The monoisotopic (exact) mass is 202 g/mol. The number of hydrogen-bond donors (Lipinski definition) is 0. The maximum absolute atomic E-state index is 2.23. The summed E-state index contributed by atoms with van der Waals surface area (Å²) in [6, 6.07) is 13.0. The Bertz CT molecular complexity index is 496. The van der Waals surface area contributed by atoms with E-state index in [1.165, 1.54) is 21.9 Å². The van der Waals surface area contributed by atoms with E-state index in [0.29, 0.717) is 0 Å². The molecule has 0 bridgehead atoms. The van der Waals surface area contributed by atoms with Gasteiger partial charge in [-0.2, -0.15) is 0 Å². The Morgan fingerprint density at radius 3 is 2.40 bits per heavy atom. The zero-order chi connectivity index (χ0) is 8.67. The average molecular weight is 202 g/mol. The van der Waals surface area contributed by atoms with Gasteiger partial charge in [0.1, 0.15) is 0 Å². The second kappa shape index (κ2) is 4.26. The van der Waals surface area contributed by atoms with Crippen LogP contribution in [0, 0.1) is 0 Å². The minimum Gasteiger partial charge on any atom is -0.412 e. The number of allylic oxidation sites excluding steroid dienone is 1. The second-order valence-corrected chi connectivity index (χ2v) is 3.47. The molecular weight excluding hydrogens is 188 g/mol. The molecule has 1 aliphatic carbocycles. The molecule has 0 fully saturated rings. The molecule has 15 heavy (non-hydrogen) atoms. The highest BCUT2D eigenvalue weighted by atomic mass is 16.0. The first-order valence-electron chi connectivity index (χ1n) is 4.62. The van der Waals surface area contributed by atoms with E-state index in [4.69, 9.17) is 0 Å². The highest BCUT2D eigenvalue weighted by Crippen LogP contribution is 2.27. The van der Waals surface area contributed by atoms with Gasteiger partial charge >= 0.3 is 0 Å². The molecule has 0 amide bonds.